The fourth-order valence-electron chi connectivity index (χ4n) is 2.53. The van der Waals surface area contributed by atoms with Crippen LogP contribution in [0.1, 0.15) is 17.4 Å². The number of rotatable bonds is 7. The average molecular weight is 384 g/mol. The van der Waals surface area contributed by atoms with Crippen molar-refractivity contribution in [2.24, 2.45) is 0 Å². The van der Waals surface area contributed by atoms with Gasteiger partial charge in [0.1, 0.15) is 11.4 Å². The molecule has 1 heterocycles. The molecule has 0 atom stereocenters. The smallest absolute Gasteiger partial charge is 0.359 e. The molecule has 0 unspecified atom stereocenters. The number of nitro groups is 1. The molecule has 10 heteroatoms. The van der Waals surface area contributed by atoms with Gasteiger partial charge >= 0.3 is 5.97 Å². The van der Waals surface area contributed by atoms with E-state index in [2.05, 4.69) is 15.5 Å². The van der Waals surface area contributed by atoms with Crippen LogP contribution in [-0.4, -0.2) is 40.2 Å². The van der Waals surface area contributed by atoms with Crippen LogP contribution in [0.15, 0.2) is 42.5 Å². The number of anilines is 1. The molecule has 1 amide bonds. The van der Waals surface area contributed by atoms with Crippen molar-refractivity contribution in [3.63, 3.8) is 0 Å². The van der Waals surface area contributed by atoms with Gasteiger partial charge in [-0.15, -0.1) is 0 Å². The molecule has 28 heavy (non-hydrogen) atoms. The summed E-state index contributed by atoms with van der Waals surface area (Å²) in [5.74, 6) is -1.20. The van der Waals surface area contributed by atoms with Crippen LogP contribution in [0.2, 0.25) is 0 Å². The first-order chi connectivity index (χ1) is 13.5. The normalized spacial score (nSPS) is 10.5. The lowest BCUT2D eigenvalue weighted by Crippen LogP contribution is -2.21. The number of fused-ring (bicyclic) bond motifs is 1. The Kier molecular flexibility index (Phi) is 5.49. The number of esters is 1. The summed E-state index contributed by atoms with van der Waals surface area (Å²) in [7, 11) is 0. The maximum atomic E-state index is 12.2. The minimum absolute atomic E-state index is 0.0280. The second-order valence-electron chi connectivity index (χ2n) is 5.61. The van der Waals surface area contributed by atoms with Crippen LogP contribution < -0.4 is 10.1 Å². The monoisotopic (exact) mass is 384 g/mol. The molecule has 0 aliphatic rings. The van der Waals surface area contributed by atoms with E-state index in [0.717, 1.165) is 0 Å². The zero-order valence-electron chi connectivity index (χ0n) is 14.8. The maximum absolute atomic E-state index is 12.2. The average Bonchev–Trinajstić information content (AvgIpc) is 3.11. The number of H-pyrrole nitrogens is 1. The van der Waals surface area contributed by atoms with Crippen molar-refractivity contribution < 1.29 is 24.0 Å². The molecule has 0 saturated heterocycles. The third-order valence-corrected chi connectivity index (χ3v) is 3.75. The largest absolute Gasteiger partial charge is 0.494 e. The third kappa shape index (κ3) is 4.06. The quantitative estimate of drug-likeness (QED) is 0.363. The molecule has 1 aromatic heterocycles. The summed E-state index contributed by atoms with van der Waals surface area (Å²) in [6.45, 7) is 1.48. The SMILES string of the molecule is CCOc1ccc(NC(=O)COC(=O)c2n[nH]c3ccccc23)c([N+](=O)[O-])c1. The Labute approximate surface area is 158 Å². The molecule has 3 rings (SSSR count). The number of nitrogens with one attached hydrogen (secondary N) is 2. The van der Waals surface area contributed by atoms with Gasteiger partial charge in [-0.05, 0) is 25.1 Å². The molecule has 0 fully saturated rings. The highest BCUT2D eigenvalue weighted by atomic mass is 16.6. The number of carbonyl (C=O) groups excluding carboxylic acids is 2. The van der Waals surface area contributed by atoms with Gasteiger partial charge in [-0.25, -0.2) is 4.79 Å². The number of hydrogen-bond donors (Lipinski definition) is 2. The van der Waals surface area contributed by atoms with E-state index in [9.17, 15) is 19.7 Å². The lowest BCUT2D eigenvalue weighted by atomic mass is 10.2. The zero-order valence-corrected chi connectivity index (χ0v) is 14.8. The predicted molar refractivity (Wildman–Crippen MR) is 99.3 cm³/mol. The van der Waals surface area contributed by atoms with Crippen LogP contribution in [0.4, 0.5) is 11.4 Å². The minimum atomic E-state index is -0.784. The number of hydrogen-bond acceptors (Lipinski definition) is 7. The molecule has 2 aromatic carbocycles. The van der Waals surface area contributed by atoms with Crippen LogP contribution >= 0.6 is 0 Å². The summed E-state index contributed by atoms with van der Waals surface area (Å²) in [5.41, 5.74) is 0.350. The van der Waals surface area contributed by atoms with Crippen molar-refractivity contribution in [3.8, 4) is 5.75 Å². The van der Waals surface area contributed by atoms with Crippen LogP contribution in [0, 0.1) is 10.1 Å². The molecule has 3 aromatic rings. The molecule has 0 radical (unpaired) electrons. The van der Waals surface area contributed by atoms with Gasteiger partial charge in [-0.2, -0.15) is 5.10 Å². The van der Waals surface area contributed by atoms with Crippen LogP contribution in [0.5, 0.6) is 5.75 Å². The second-order valence-corrected chi connectivity index (χ2v) is 5.61. The van der Waals surface area contributed by atoms with Crippen LogP contribution in [0.25, 0.3) is 10.9 Å². The van der Waals surface area contributed by atoms with E-state index >= 15 is 0 Å². The van der Waals surface area contributed by atoms with E-state index in [1.54, 1.807) is 31.2 Å². The minimum Gasteiger partial charge on any atom is -0.494 e. The number of amides is 1. The Bertz CT molecular complexity index is 1050. The van der Waals surface area contributed by atoms with Gasteiger partial charge in [0, 0.05) is 5.39 Å². The summed E-state index contributed by atoms with van der Waals surface area (Å²) < 4.78 is 10.2. The van der Waals surface area contributed by atoms with Gasteiger partial charge < -0.3 is 14.8 Å². The summed E-state index contributed by atoms with van der Waals surface area (Å²) in [6, 6.07) is 11.0. The molecule has 0 aliphatic heterocycles. The Morgan fingerprint density at radius 2 is 2.04 bits per heavy atom. The highest BCUT2D eigenvalue weighted by Gasteiger charge is 2.20. The number of ether oxygens (including phenoxy) is 2. The Balaban J connectivity index is 1.66. The van der Waals surface area contributed by atoms with E-state index in [4.69, 9.17) is 9.47 Å². The summed E-state index contributed by atoms with van der Waals surface area (Å²) >= 11 is 0. The second kappa shape index (κ2) is 8.16. The fourth-order valence-corrected chi connectivity index (χ4v) is 2.53. The van der Waals surface area contributed by atoms with E-state index in [0.29, 0.717) is 23.3 Å². The number of nitro benzene ring substituents is 1. The highest BCUT2D eigenvalue weighted by Crippen LogP contribution is 2.29. The van der Waals surface area contributed by atoms with Crippen molar-refractivity contribution in [3.05, 3.63) is 58.3 Å². The highest BCUT2D eigenvalue weighted by molar-refractivity contribution is 6.03. The molecule has 2 N–H and O–H groups in total. The molecular formula is C18H16N4O6. The van der Waals surface area contributed by atoms with Gasteiger partial charge in [0.15, 0.2) is 12.3 Å². The van der Waals surface area contributed by atoms with E-state index < -0.39 is 23.4 Å². The number of benzene rings is 2. The van der Waals surface area contributed by atoms with Gasteiger partial charge in [0.25, 0.3) is 11.6 Å². The van der Waals surface area contributed by atoms with Crippen molar-refractivity contribution in [1.29, 1.82) is 0 Å². The van der Waals surface area contributed by atoms with Gasteiger partial charge in [-0.3, -0.25) is 20.0 Å². The number of aromatic amines is 1. The van der Waals surface area contributed by atoms with Crippen molar-refractivity contribution in [2.45, 2.75) is 6.92 Å². The molecule has 0 aliphatic carbocycles. The summed E-state index contributed by atoms with van der Waals surface area (Å²) in [6.07, 6.45) is 0. The Morgan fingerprint density at radius 1 is 1.25 bits per heavy atom. The molecule has 0 saturated carbocycles. The number of nitrogens with zero attached hydrogens (tertiary/aromatic N) is 2. The van der Waals surface area contributed by atoms with Crippen molar-refractivity contribution in [1.82, 2.24) is 10.2 Å². The standard InChI is InChI=1S/C18H16N4O6/c1-2-27-11-7-8-14(15(9-11)22(25)26)19-16(23)10-28-18(24)17-12-5-3-4-6-13(12)20-21-17/h3-9H,2,10H2,1H3,(H,19,23)(H,20,21). The predicted octanol–water partition coefficient (Wildman–Crippen LogP) is 2.67. The first-order valence-corrected chi connectivity index (χ1v) is 8.31. The first kappa shape index (κ1) is 18.8. The van der Waals surface area contributed by atoms with E-state index in [1.807, 2.05) is 0 Å². The lowest BCUT2D eigenvalue weighted by molar-refractivity contribution is -0.384. The molecule has 0 bridgehead atoms. The van der Waals surface area contributed by atoms with Crippen LogP contribution in [-0.2, 0) is 9.53 Å². The fraction of sp³-hybridized carbons (Fsp3) is 0.167. The van der Waals surface area contributed by atoms with E-state index in [1.165, 1.54) is 18.2 Å². The summed E-state index contributed by atoms with van der Waals surface area (Å²) in [4.78, 5) is 34.8. The van der Waals surface area contributed by atoms with Crippen molar-refractivity contribution in [2.75, 3.05) is 18.5 Å². The molecule has 0 spiro atoms. The number of para-hydroxylation sites is 1. The molecular weight excluding hydrogens is 368 g/mol. The summed E-state index contributed by atoms with van der Waals surface area (Å²) in [5, 5.41) is 20.7. The first-order valence-electron chi connectivity index (χ1n) is 8.31. The van der Waals surface area contributed by atoms with Gasteiger partial charge in [0.05, 0.1) is 23.1 Å². The number of aromatic nitrogens is 2. The van der Waals surface area contributed by atoms with Crippen molar-refractivity contribution >= 4 is 34.2 Å². The van der Waals surface area contributed by atoms with E-state index in [-0.39, 0.29) is 17.1 Å². The van der Waals surface area contributed by atoms with Gasteiger partial charge in [0.2, 0.25) is 0 Å². The maximum Gasteiger partial charge on any atom is 0.359 e. The lowest BCUT2D eigenvalue weighted by Gasteiger charge is -2.08. The van der Waals surface area contributed by atoms with Crippen LogP contribution in [0.3, 0.4) is 0 Å². The number of carbonyl (C=O) groups is 2. The Morgan fingerprint density at radius 3 is 2.79 bits per heavy atom. The topological polar surface area (TPSA) is 136 Å². The van der Waals surface area contributed by atoms with Gasteiger partial charge in [-0.1, -0.05) is 18.2 Å². The molecule has 144 valence electrons. The third-order valence-electron chi connectivity index (χ3n) is 3.75. The molecule has 10 nitrogen and oxygen atoms in total. The Hall–Kier alpha value is -3.95. The zero-order chi connectivity index (χ0) is 20.1.